The molecule has 7 heteroatoms. The topological polar surface area (TPSA) is 93.0 Å². The molecule has 0 spiro atoms. The molecule has 1 rings (SSSR count). The summed E-state index contributed by atoms with van der Waals surface area (Å²) in [6.07, 6.45) is 0. The maximum absolute atomic E-state index is 11.2. The maximum atomic E-state index is 11.2. The van der Waals surface area contributed by atoms with Crippen LogP contribution < -0.4 is 0 Å². The minimum Gasteiger partial charge on any atom is -0.410 e. The highest BCUT2D eigenvalue weighted by Gasteiger charge is 2.16. The van der Waals surface area contributed by atoms with Crippen LogP contribution in [0.5, 0.6) is 0 Å². The fourth-order valence-electron chi connectivity index (χ4n) is 0.807. The Labute approximate surface area is 85.9 Å². The molecule has 0 aliphatic carbocycles. The summed E-state index contributed by atoms with van der Waals surface area (Å²) >= 11 is 0. The number of hydrogen-bond donors (Lipinski definition) is 1. The molecule has 6 nitrogen and oxygen atoms in total. The average Bonchev–Trinajstić information content (AvgIpc) is 2.18. The van der Waals surface area contributed by atoms with Crippen LogP contribution in [0.25, 0.3) is 0 Å². The molecule has 1 aromatic rings. The molecule has 1 N–H and O–H groups in total. The molecule has 0 bridgehead atoms. The second kappa shape index (κ2) is 4.56. The summed E-state index contributed by atoms with van der Waals surface area (Å²) in [5.41, 5.74) is 0.223. The Kier molecular flexibility index (Phi) is 3.40. The van der Waals surface area contributed by atoms with Crippen LogP contribution in [0.15, 0.2) is 35.5 Å². The first kappa shape index (κ1) is 11.2. The van der Waals surface area contributed by atoms with E-state index in [2.05, 4.69) is 9.34 Å². The minimum atomic E-state index is -4.27. The van der Waals surface area contributed by atoms with Crippen molar-refractivity contribution in [3.63, 3.8) is 0 Å². The number of carbonyl (C=O) groups is 1. The zero-order valence-electron chi connectivity index (χ0n) is 7.40. The first-order valence-corrected chi connectivity index (χ1v) is 5.23. The number of hydrogen-bond acceptors (Lipinski definition) is 6. The molecule has 0 atom stereocenters. The van der Waals surface area contributed by atoms with Crippen molar-refractivity contribution < 1.29 is 22.6 Å². The number of rotatable bonds is 3. The van der Waals surface area contributed by atoms with Crippen molar-refractivity contribution >= 4 is 21.6 Å². The molecule has 0 aliphatic rings. The maximum Gasteiger partial charge on any atom is 0.355 e. The lowest BCUT2D eigenvalue weighted by Crippen LogP contribution is -2.13. The van der Waals surface area contributed by atoms with E-state index in [9.17, 15) is 13.2 Å². The van der Waals surface area contributed by atoms with Gasteiger partial charge in [0.25, 0.3) is 0 Å². The molecule has 0 aromatic heterocycles. The van der Waals surface area contributed by atoms with Crippen molar-refractivity contribution in [1.82, 2.24) is 0 Å². The first-order valence-electron chi connectivity index (χ1n) is 3.76. The van der Waals surface area contributed by atoms with Gasteiger partial charge in [-0.15, -0.1) is 0 Å². The van der Waals surface area contributed by atoms with E-state index >= 15 is 0 Å². The van der Waals surface area contributed by atoms with Crippen LogP contribution in [-0.2, 0) is 14.3 Å². The highest BCUT2D eigenvalue weighted by Crippen LogP contribution is 2.03. The summed E-state index contributed by atoms with van der Waals surface area (Å²) < 4.78 is 25.8. The van der Waals surface area contributed by atoms with Crippen molar-refractivity contribution in [2.75, 3.05) is 0 Å². The lowest BCUT2D eigenvalue weighted by Gasteiger charge is -1.99. The van der Waals surface area contributed by atoms with Crippen molar-refractivity contribution in [2.45, 2.75) is 0 Å². The van der Waals surface area contributed by atoms with E-state index in [-0.39, 0.29) is 11.1 Å². The Morgan fingerprint density at radius 1 is 1.33 bits per heavy atom. The van der Waals surface area contributed by atoms with E-state index < -0.39 is 16.1 Å². The third-order valence-corrected chi connectivity index (χ3v) is 2.11. The van der Waals surface area contributed by atoms with E-state index in [1.807, 2.05) is 0 Å². The third kappa shape index (κ3) is 3.39. The summed E-state index contributed by atoms with van der Waals surface area (Å²) in [6.45, 7) is 0. The van der Waals surface area contributed by atoms with Gasteiger partial charge in [-0.1, -0.05) is 23.4 Å². The quantitative estimate of drug-likeness (QED) is 0.269. The van der Waals surface area contributed by atoms with E-state index in [1.165, 1.54) is 12.1 Å². The molecule has 0 saturated heterocycles. The summed E-state index contributed by atoms with van der Waals surface area (Å²) in [7, 11) is -4.27. The van der Waals surface area contributed by atoms with E-state index in [0.29, 0.717) is 0 Å². The van der Waals surface area contributed by atoms with Crippen LogP contribution in [0.3, 0.4) is 0 Å². The Hall–Kier alpha value is -1.89. The SMILES string of the molecule is O=C(OS(=O)(=O)/C=N/O)c1ccccc1. The van der Waals surface area contributed by atoms with Crippen LogP contribution in [0.2, 0.25) is 0 Å². The molecule has 80 valence electrons. The minimum absolute atomic E-state index is 0.0902. The van der Waals surface area contributed by atoms with Gasteiger partial charge in [0.05, 0.1) is 5.56 Å². The summed E-state index contributed by atoms with van der Waals surface area (Å²) in [5, 5.41) is 10.2. The highest BCUT2D eigenvalue weighted by atomic mass is 32.2. The van der Waals surface area contributed by atoms with Gasteiger partial charge in [0, 0.05) is 0 Å². The van der Waals surface area contributed by atoms with Crippen molar-refractivity contribution in [3.8, 4) is 0 Å². The van der Waals surface area contributed by atoms with E-state index in [0.717, 1.165) is 0 Å². The Morgan fingerprint density at radius 3 is 2.47 bits per heavy atom. The summed E-state index contributed by atoms with van der Waals surface area (Å²) in [6, 6.07) is 7.58. The first-order chi connectivity index (χ1) is 7.05. The number of nitrogens with zero attached hydrogens (tertiary/aromatic N) is 1. The predicted octanol–water partition coefficient (Wildman–Crippen LogP) is 0.591. The molecule has 0 radical (unpaired) electrons. The third-order valence-electron chi connectivity index (χ3n) is 1.38. The predicted molar refractivity (Wildman–Crippen MR) is 51.1 cm³/mol. The Bertz CT molecular complexity index is 465. The second-order valence-corrected chi connectivity index (χ2v) is 3.81. The summed E-state index contributed by atoms with van der Waals surface area (Å²) in [4.78, 5) is 11.2. The monoisotopic (exact) mass is 229 g/mol. The van der Waals surface area contributed by atoms with E-state index in [1.54, 1.807) is 18.2 Å². The standard InChI is InChI=1S/C8H7NO5S/c10-8(7-4-2-1-3-5-7)14-15(12,13)6-9-11/h1-6,11H/b9-6+. The van der Waals surface area contributed by atoms with Gasteiger partial charge in [0.15, 0.2) is 5.55 Å². The number of oxime groups is 1. The molecule has 0 heterocycles. The van der Waals surface area contributed by atoms with Crippen LogP contribution in [0.1, 0.15) is 10.4 Å². The van der Waals surface area contributed by atoms with E-state index in [4.69, 9.17) is 5.21 Å². The molecule has 1 aromatic carbocycles. The second-order valence-electron chi connectivity index (χ2n) is 2.45. The van der Waals surface area contributed by atoms with Gasteiger partial charge < -0.3 is 9.39 Å². The van der Waals surface area contributed by atoms with Gasteiger partial charge in [-0.25, -0.2) is 4.79 Å². The van der Waals surface area contributed by atoms with Gasteiger partial charge in [0.1, 0.15) is 0 Å². The van der Waals surface area contributed by atoms with Crippen molar-refractivity contribution in [3.05, 3.63) is 35.9 Å². The molecule has 0 fully saturated rings. The number of carbonyl (C=O) groups excluding carboxylic acids is 1. The molecular formula is C8H7NO5S. The van der Waals surface area contributed by atoms with Gasteiger partial charge in [-0.05, 0) is 12.1 Å². The average molecular weight is 229 g/mol. The fourth-order valence-corrected chi connectivity index (χ4v) is 1.27. The molecule has 0 amide bonds. The number of benzene rings is 1. The van der Waals surface area contributed by atoms with Crippen LogP contribution in [0, 0.1) is 0 Å². The van der Waals surface area contributed by atoms with Crippen LogP contribution in [0.4, 0.5) is 0 Å². The normalized spacial score (nSPS) is 11.5. The lowest BCUT2D eigenvalue weighted by atomic mass is 10.2. The molecule has 0 unspecified atom stereocenters. The zero-order valence-corrected chi connectivity index (χ0v) is 8.22. The van der Waals surface area contributed by atoms with Crippen molar-refractivity contribution in [1.29, 1.82) is 0 Å². The zero-order chi connectivity index (χ0) is 11.3. The summed E-state index contributed by atoms with van der Waals surface area (Å²) in [5.74, 6) is -1.03. The van der Waals surface area contributed by atoms with Crippen molar-refractivity contribution in [2.24, 2.45) is 5.16 Å². The largest absolute Gasteiger partial charge is 0.410 e. The Morgan fingerprint density at radius 2 is 1.93 bits per heavy atom. The molecule has 0 aliphatic heterocycles. The molecule has 0 saturated carbocycles. The fraction of sp³-hybridized carbons (Fsp3) is 0. The highest BCUT2D eigenvalue weighted by molar-refractivity contribution is 8.00. The van der Waals surface area contributed by atoms with Gasteiger partial charge >= 0.3 is 16.1 Å². The van der Waals surface area contributed by atoms with Crippen LogP contribution in [-0.4, -0.2) is 25.1 Å². The molecular weight excluding hydrogens is 222 g/mol. The molecule has 15 heavy (non-hydrogen) atoms. The smallest absolute Gasteiger partial charge is 0.355 e. The van der Waals surface area contributed by atoms with Crippen LogP contribution >= 0.6 is 0 Å². The van der Waals surface area contributed by atoms with Gasteiger partial charge in [-0.2, -0.15) is 8.42 Å². The lowest BCUT2D eigenvalue weighted by molar-refractivity contribution is 0.0751. The Balaban J connectivity index is 2.82. The van der Waals surface area contributed by atoms with Gasteiger partial charge in [-0.3, -0.25) is 0 Å². The van der Waals surface area contributed by atoms with Gasteiger partial charge in [0.2, 0.25) is 0 Å².